The molecule has 0 radical (unpaired) electrons. The molecule has 1 aromatic carbocycles. The molecule has 0 saturated carbocycles. The second-order valence-electron chi connectivity index (χ2n) is 3.18. The fraction of sp³-hybridized carbons (Fsp3) is 0. The van der Waals surface area contributed by atoms with Crippen LogP contribution in [0.4, 0.5) is 0 Å². The maximum Gasteiger partial charge on any atom is 0.129 e. The molecule has 0 aliphatic rings. The molecule has 1 aromatic heterocycles. The maximum atomic E-state index is 9.03. The molecule has 3 nitrogen and oxygen atoms in total. The molecule has 0 atom stereocenters. The van der Waals surface area contributed by atoms with Crippen LogP contribution in [0.1, 0.15) is 11.1 Å². The Balaban J connectivity index is 2.42. The number of hydrogen-bond acceptors (Lipinski definition) is 3. The van der Waals surface area contributed by atoms with Crippen LogP contribution in [0.2, 0.25) is 5.15 Å². The lowest BCUT2D eigenvalue weighted by Crippen LogP contribution is -2.03. The summed E-state index contributed by atoms with van der Waals surface area (Å²) in [5, 5.41) is 12.7. The molecule has 1 N–H and O–H groups in total. The summed E-state index contributed by atoms with van der Waals surface area (Å²) in [5.41, 5.74) is 2.02. The average molecular weight is 233 g/mol. The molecule has 0 saturated heterocycles. The van der Waals surface area contributed by atoms with Gasteiger partial charge in [-0.2, -0.15) is 0 Å². The van der Waals surface area contributed by atoms with Crippen LogP contribution in [0.25, 0.3) is 0 Å². The van der Waals surface area contributed by atoms with Crippen molar-refractivity contribution in [3.63, 3.8) is 0 Å². The molecule has 0 amide bonds. The third kappa shape index (κ3) is 2.20. The summed E-state index contributed by atoms with van der Waals surface area (Å²) in [6, 6.07) is 12.8. The summed E-state index contributed by atoms with van der Waals surface area (Å²) in [4.78, 5) is 3.95. The number of benzene rings is 1. The van der Waals surface area contributed by atoms with E-state index in [2.05, 4.69) is 10.1 Å². The van der Waals surface area contributed by atoms with Crippen molar-refractivity contribution in [2.24, 2.45) is 5.16 Å². The average Bonchev–Trinajstić information content (AvgIpc) is 2.34. The van der Waals surface area contributed by atoms with Crippen molar-refractivity contribution in [3.8, 4) is 0 Å². The van der Waals surface area contributed by atoms with Crippen molar-refractivity contribution < 1.29 is 5.21 Å². The Morgan fingerprint density at radius 3 is 2.38 bits per heavy atom. The van der Waals surface area contributed by atoms with Gasteiger partial charge in [0.2, 0.25) is 0 Å². The van der Waals surface area contributed by atoms with Crippen molar-refractivity contribution in [2.75, 3.05) is 0 Å². The van der Waals surface area contributed by atoms with Gasteiger partial charge in [-0.15, -0.1) is 0 Å². The van der Waals surface area contributed by atoms with E-state index in [4.69, 9.17) is 16.8 Å². The minimum absolute atomic E-state index is 0.411. The number of pyridine rings is 1. The molecular formula is C12H9ClN2O. The van der Waals surface area contributed by atoms with Crippen molar-refractivity contribution in [1.82, 2.24) is 4.98 Å². The molecule has 0 aliphatic carbocycles. The highest BCUT2D eigenvalue weighted by molar-refractivity contribution is 6.29. The number of rotatable bonds is 2. The Morgan fingerprint density at radius 2 is 1.81 bits per heavy atom. The van der Waals surface area contributed by atoms with Crippen LogP contribution < -0.4 is 0 Å². The molecule has 16 heavy (non-hydrogen) atoms. The topological polar surface area (TPSA) is 45.5 Å². The number of nitrogens with zero attached hydrogens (tertiary/aromatic N) is 2. The highest BCUT2D eigenvalue weighted by Crippen LogP contribution is 2.12. The van der Waals surface area contributed by atoms with E-state index < -0.39 is 0 Å². The fourth-order valence-corrected chi connectivity index (χ4v) is 1.51. The highest BCUT2D eigenvalue weighted by atomic mass is 35.5. The smallest absolute Gasteiger partial charge is 0.129 e. The fourth-order valence-electron chi connectivity index (χ4n) is 1.39. The molecular weight excluding hydrogens is 224 g/mol. The van der Waals surface area contributed by atoms with Gasteiger partial charge in [0.25, 0.3) is 0 Å². The van der Waals surface area contributed by atoms with Crippen molar-refractivity contribution in [1.29, 1.82) is 0 Å². The minimum atomic E-state index is 0.411. The Kier molecular flexibility index (Phi) is 3.17. The first-order valence-electron chi connectivity index (χ1n) is 4.70. The standard InChI is InChI=1S/C12H9ClN2O/c13-11-7-6-10(8-14-11)12(15-16)9-4-2-1-3-5-9/h1-8,16H/b15-12+. The third-order valence-electron chi connectivity index (χ3n) is 2.15. The third-order valence-corrected chi connectivity index (χ3v) is 2.37. The second kappa shape index (κ2) is 4.77. The van der Waals surface area contributed by atoms with Crippen LogP contribution in [0.5, 0.6) is 0 Å². The SMILES string of the molecule is O/N=C(\c1ccccc1)c1ccc(Cl)nc1. The minimum Gasteiger partial charge on any atom is -0.410 e. The van der Waals surface area contributed by atoms with Gasteiger partial charge in [0.1, 0.15) is 10.9 Å². The molecule has 2 aromatic rings. The van der Waals surface area contributed by atoms with Gasteiger partial charge in [0, 0.05) is 17.3 Å². The Hall–Kier alpha value is -1.87. The van der Waals surface area contributed by atoms with Crippen LogP contribution in [0.3, 0.4) is 0 Å². The van der Waals surface area contributed by atoms with E-state index in [0.29, 0.717) is 10.9 Å². The summed E-state index contributed by atoms with van der Waals surface area (Å²) in [7, 11) is 0. The largest absolute Gasteiger partial charge is 0.410 e. The summed E-state index contributed by atoms with van der Waals surface area (Å²) in [6.07, 6.45) is 1.57. The highest BCUT2D eigenvalue weighted by Gasteiger charge is 2.07. The first kappa shape index (κ1) is 10.6. The van der Waals surface area contributed by atoms with Crippen molar-refractivity contribution >= 4 is 17.3 Å². The van der Waals surface area contributed by atoms with Gasteiger partial charge in [0.15, 0.2) is 0 Å². The van der Waals surface area contributed by atoms with Gasteiger partial charge in [0.05, 0.1) is 0 Å². The lowest BCUT2D eigenvalue weighted by atomic mass is 10.0. The molecule has 0 fully saturated rings. The normalized spacial score (nSPS) is 11.4. The Bertz CT molecular complexity index is 494. The van der Waals surface area contributed by atoms with E-state index in [1.807, 2.05) is 30.3 Å². The van der Waals surface area contributed by atoms with Gasteiger partial charge in [-0.1, -0.05) is 47.1 Å². The monoisotopic (exact) mass is 232 g/mol. The summed E-state index contributed by atoms with van der Waals surface area (Å²) >= 11 is 5.69. The molecule has 4 heteroatoms. The van der Waals surface area contributed by atoms with Crippen LogP contribution in [0, 0.1) is 0 Å². The van der Waals surface area contributed by atoms with Gasteiger partial charge >= 0.3 is 0 Å². The zero-order valence-corrected chi connectivity index (χ0v) is 9.09. The van der Waals surface area contributed by atoms with E-state index in [1.54, 1.807) is 18.3 Å². The zero-order chi connectivity index (χ0) is 11.4. The molecule has 0 aliphatic heterocycles. The van der Waals surface area contributed by atoms with Crippen LogP contribution >= 0.6 is 11.6 Å². The van der Waals surface area contributed by atoms with Crippen molar-refractivity contribution in [2.45, 2.75) is 0 Å². The molecule has 0 spiro atoms. The summed E-state index contributed by atoms with van der Waals surface area (Å²) in [6.45, 7) is 0. The molecule has 0 unspecified atom stereocenters. The van der Waals surface area contributed by atoms with Gasteiger partial charge in [-0.3, -0.25) is 0 Å². The molecule has 0 bridgehead atoms. The maximum absolute atomic E-state index is 9.03. The number of aromatic nitrogens is 1. The Morgan fingerprint density at radius 1 is 1.06 bits per heavy atom. The first-order chi connectivity index (χ1) is 7.81. The van der Waals surface area contributed by atoms with E-state index in [1.165, 1.54) is 0 Å². The van der Waals surface area contributed by atoms with Crippen LogP contribution in [-0.4, -0.2) is 15.9 Å². The van der Waals surface area contributed by atoms with Gasteiger partial charge in [-0.05, 0) is 12.1 Å². The van der Waals surface area contributed by atoms with Crippen LogP contribution in [0.15, 0.2) is 53.8 Å². The van der Waals surface area contributed by atoms with Crippen LogP contribution in [-0.2, 0) is 0 Å². The van der Waals surface area contributed by atoms with E-state index in [0.717, 1.165) is 11.1 Å². The molecule has 2 rings (SSSR count). The Labute approximate surface area is 98.0 Å². The number of halogens is 1. The van der Waals surface area contributed by atoms with Crippen molar-refractivity contribution in [3.05, 3.63) is 64.9 Å². The summed E-state index contributed by atoms with van der Waals surface area (Å²) in [5.74, 6) is 0. The van der Waals surface area contributed by atoms with E-state index in [9.17, 15) is 0 Å². The van der Waals surface area contributed by atoms with E-state index >= 15 is 0 Å². The zero-order valence-electron chi connectivity index (χ0n) is 8.34. The molecule has 80 valence electrons. The number of hydrogen-bond donors (Lipinski definition) is 1. The van der Waals surface area contributed by atoms with E-state index in [-0.39, 0.29) is 0 Å². The van der Waals surface area contributed by atoms with Gasteiger partial charge in [-0.25, -0.2) is 4.98 Å². The predicted molar refractivity (Wildman–Crippen MR) is 63.1 cm³/mol. The lowest BCUT2D eigenvalue weighted by molar-refractivity contribution is 0.319. The first-order valence-corrected chi connectivity index (χ1v) is 5.08. The lowest BCUT2D eigenvalue weighted by Gasteiger charge is -2.03. The second-order valence-corrected chi connectivity index (χ2v) is 3.57. The molecule has 1 heterocycles. The van der Waals surface area contributed by atoms with Gasteiger partial charge < -0.3 is 5.21 Å². The predicted octanol–water partition coefficient (Wildman–Crippen LogP) is 2.96. The summed E-state index contributed by atoms with van der Waals surface area (Å²) < 4.78 is 0. The quantitative estimate of drug-likeness (QED) is 0.375. The number of oxime groups is 1.